The van der Waals surface area contributed by atoms with Crippen molar-refractivity contribution in [2.75, 3.05) is 6.61 Å². The van der Waals surface area contributed by atoms with E-state index in [-0.39, 0.29) is 0 Å². The molecule has 0 fully saturated rings. The highest BCUT2D eigenvalue weighted by molar-refractivity contribution is 5.97. The van der Waals surface area contributed by atoms with Crippen molar-refractivity contribution in [1.82, 2.24) is 0 Å². The molecule has 0 aliphatic carbocycles. The molecule has 0 saturated heterocycles. The van der Waals surface area contributed by atoms with Gasteiger partial charge in [0.2, 0.25) is 0 Å². The molecule has 0 aromatic heterocycles. The molecule has 6 heteroatoms. The van der Waals surface area contributed by atoms with E-state index in [0.717, 1.165) is 11.6 Å². The van der Waals surface area contributed by atoms with Crippen molar-refractivity contribution in [2.45, 2.75) is 24.4 Å². The predicted molar refractivity (Wildman–Crippen MR) is 71.6 cm³/mol. The van der Waals surface area contributed by atoms with Crippen LogP contribution >= 0.6 is 0 Å². The second kappa shape index (κ2) is 7.88. The summed E-state index contributed by atoms with van der Waals surface area (Å²) in [5.41, 5.74) is 0.735. The molecule has 0 radical (unpaired) electrons. The fourth-order valence-electron chi connectivity index (χ4n) is 1.53. The van der Waals surface area contributed by atoms with Crippen molar-refractivity contribution < 1.29 is 30.3 Å². The zero-order valence-corrected chi connectivity index (χ0v) is 10.7. The third kappa shape index (κ3) is 4.52. The Morgan fingerprint density at radius 3 is 2.20 bits per heavy atom. The highest BCUT2D eigenvalue weighted by Gasteiger charge is 2.32. The molecule has 5 N–H and O–H groups in total. The van der Waals surface area contributed by atoms with Crippen LogP contribution in [0, 0.1) is 0 Å². The topological polar surface area (TPSA) is 118 Å². The highest BCUT2D eigenvalue weighted by Crippen LogP contribution is 2.08. The Morgan fingerprint density at radius 2 is 1.65 bits per heavy atom. The summed E-state index contributed by atoms with van der Waals surface area (Å²) in [7, 11) is 0. The van der Waals surface area contributed by atoms with Crippen molar-refractivity contribution in [1.29, 1.82) is 0 Å². The smallest absolute Gasteiger partial charge is 0.186 e. The largest absolute Gasteiger partial charge is 0.394 e. The van der Waals surface area contributed by atoms with E-state index in [2.05, 4.69) is 0 Å². The molecule has 1 rings (SSSR count). The molecular formula is C14H18O6. The summed E-state index contributed by atoms with van der Waals surface area (Å²) >= 11 is 0. The van der Waals surface area contributed by atoms with Gasteiger partial charge < -0.3 is 25.5 Å². The van der Waals surface area contributed by atoms with Gasteiger partial charge in [-0.15, -0.1) is 0 Å². The molecule has 0 bridgehead atoms. The minimum atomic E-state index is -1.88. The summed E-state index contributed by atoms with van der Waals surface area (Å²) in [5.74, 6) is -0.814. The van der Waals surface area contributed by atoms with Crippen LogP contribution in [0.2, 0.25) is 0 Å². The Hall–Kier alpha value is -1.57. The number of aliphatic hydroxyl groups excluding tert-OH is 5. The first-order valence-electron chi connectivity index (χ1n) is 6.07. The third-order valence-corrected chi connectivity index (χ3v) is 2.79. The van der Waals surface area contributed by atoms with E-state index in [1.54, 1.807) is 24.3 Å². The van der Waals surface area contributed by atoms with Crippen LogP contribution in [0.15, 0.2) is 36.4 Å². The number of benzene rings is 1. The quantitative estimate of drug-likeness (QED) is 0.397. The number of ketones is 1. The minimum Gasteiger partial charge on any atom is -0.394 e. The van der Waals surface area contributed by atoms with E-state index in [1.165, 1.54) is 6.08 Å². The molecule has 0 spiro atoms. The summed E-state index contributed by atoms with van der Waals surface area (Å²) in [4.78, 5) is 11.6. The van der Waals surface area contributed by atoms with Gasteiger partial charge in [0, 0.05) is 0 Å². The molecule has 6 nitrogen and oxygen atoms in total. The van der Waals surface area contributed by atoms with Gasteiger partial charge in [0.25, 0.3) is 0 Å². The molecule has 110 valence electrons. The molecule has 4 atom stereocenters. The summed E-state index contributed by atoms with van der Waals surface area (Å²) in [5, 5.41) is 46.3. The van der Waals surface area contributed by atoms with Gasteiger partial charge in [-0.2, -0.15) is 0 Å². The first kappa shape index (κ1) is 16.5. The first-order valence-corrected chi connectivity index (χ1v) is 6.07. The second-order valence-corrected chi connectivity index (χ2v) is 4.32. The van der Waals surface area contributed by atoms with Crippen LogP contribution in [-0.2, 0) is 4.79 Å². The van der Waals surface area contributed by atoms with Crippen LogP contribution in [0.5, 0.6) is 0 Å². The Labute approximate surface area is 116 Å². The van der Waals surface area contributed by atoms with Crippen molar-refractivity contribution in [3.63, 3.8) is 0 Å². The number of carbonyl (C=O) groups is 1. The zero-order valence-electron chi connectivity index (χ0n) is 10.7. The van der Waals surface area contributed by atoms with Crippen LogP contribution in [0.4, 0.5) is 0 Å². The van der Waals surface area contributed by atoms with E-state index < -0.39 is 36.8 Å². The number of hydrogen-bond donors (Lipinski definition) is 5. The van der Waals surface area contributed by atoms with Gasteiger partial charge in [-0.05, 0) is 11.6 Å². The van der Waals surface area contributed by atoms with Gasteiger partial charge in [-0.1, -0.05) is 36.4 Å². The molecular weight excluding hydrogens is 264 g/mol. The fraction of sp³-hybridized carbons (Fsp3) is 0.357. The maximum absolute atomic E-state index is 11.6. The normalized spacial score (nSPS) is 17.6. The molecule has 0 aliphatic rings. The highest BCUT2D eigenvalue weighted by atomic mass is 16.4. The van der Waals surface area contributed by atoms with E-state index >= 15 is 0 Å². The van der Waals surface area contributed by atoms with Crippen molar-refractivity contribution in [3.8, 4) is 0 Å². The minimum absolute atomic E-state index is 0.735. The Bertz CT molecular complexity index is 444. The lowest BCUT2D eigenvalue weighted by atomic mass is 10.00. The van der Waals surface area contributed by atoms with Crippen molar-refractivity contribution >= 4 is 11.9 Å². The molecule has 1 aromatic rings. The maximum Gasteiger partial charge on any atom is 0.186 e. The number of aliphatic hydroxyl groups is 5. The van der Waals surface area contributed by atoms with Gasteiger partial charge in [0.05, 0.1) is 6.61 Å². The fourth-order valence-corrected chi connectivity index (χ4v) is 1.53. The molecule has 20 heavy (non-hydrogen) atoms. The number of hydrogen-bond acceptors (Lipinski definition) is 6. The predicted octanol–water partition coefficient (Wildman–Crippen LogP) is -1.30. The van der Waals surface area contributed by atoms with Crippen LogP contribution < -0.4 is 0 Å². The van der Waals surface area contributed by atoms with Crippen LogP contribution in [0.1, 0.15) is 5.56 Å². The maximum atomic E-state index is 11.6. The Balaban J connectivity index is 2.65. The summed E-state index contributed by atoms with van der Waals surface area (Å²) < 4.78 is 0. The van der Waals surface area contributed by atoms with Gasteiger partial charge in [-0.25, -0.2) is 0 Å². The average molecular weight is 282 g/mol. The molecule has 0 heterocycles. The number of carbonyl (C=O) groups excluding carboxylic acids is 1. The van der Waals surface area contributed by atoms with Gasteiger partial charge in [0.1, 0.15) is 24.4 Å². The summed E-state index contributed by atoms with van der Waals surface area (Å²) in [6.45, 7) is -0.793. The van der Waals surface area contributed by atoms with Gasteiger partial charge in [-0.3, -0.25) is 4.79 Å². The standard InChI is InChI=1S/C14H18O6/c15-8-11(17)13(19)14(20)12(18)10(16)7-6-9-4-2-1-3-5-9/h1-7,11-15,17-20H,8H2. The lowest BCUT2D eigenvalue weighted by Crippen LogP contribution is -2.48. The average Bonchev–Trinajstić information content (AvgIpc) is 2.50. The van der Waals surface area contributed by atoms with E-state index in [0.29, 0.717) is 0 Å². The SMILES string of the molecule is O=C(C=Cc1ccccc1)C(O)C(O)C(O)C(O)CO. The first-order chi connectivity index (χ1) is 9.47. The summed E-state index contributed by atoms with van der Waals surface area (Å²) in [6, 6.07) is 8.85. The molecule has 0 amide bonds. The third-order valence-electron chi connectivity index (χ3n) is 2.79. The van der Waals surface area contributed by atoms with Crippen molar-refractivity contribution in [3.05, 3.63) is 42.0 Å². The molecule has 1 aromatic carbocycles. The molecule has 0 aliphatic heterocycles. The lowest BCUT2D eigenvalue weighted by Gasteiger charge is -2.24. The lowest BCUT2D eigenvalue weighted by molar-refractivity contribution is -0.142. The van der Waals surface area contributed by atoms with E-state index in [9.17, 15) is 20.1 Å². The van der Waals surface area contributed by atoms with Gasteiger partial charge in [0.15, 0.2) is 5.78 Å². The molecule has 0 saturated carbocycles. The Kier molecular flexibility index (Phi) is 6.50. The van der Waals surface area contributed by atoms with Crippen LogP contribution in [0.3, 0.4) is 0 Å². The molecule has 4 unspecified atom stereocenters. The van der Waals surface area contributed by atoms with Gasteiger partial charge >= 0.3 is 0 Å². The summed E-state index contributed by atoms with van der Waals surface area (Å²) in [6.07, 6.45) is -4.69. The van der Waals surface area contributed by atoms with E-state index in [1.807, 2.05) is 6.07 Å². The number of rotatable bonds is 7. The zero-order chi connectivity index (χ0) is 15.1. The van der Waals surface area contributed by atoms with Crippen LogP contribution in [0.25, 0.3) is 6.08 Å². The van der Waals surface area contributed by atoms with Crippen molar-refractivity contribution in [2.24, 2.45) is 0 Å². The van der Waals surface area contributed by atoms with Crippen LogP contribution in [-0.4, -0.2) is 62.3 Å². The van der Waals surface area contributed by atoms with E-state index in [4.69, 9.17) is 10.2 Å². The monoisotopic (exact) mass is 282 g/mol. The Morgan fingerprint density at radius 1 is 1.05 bits per heavy atom. The second-order valence-electron chi connectivity index (χ2n) is 4.32.